The minimum Gasteiger partial charge on any atom is -0.480 e. The Morgan fingerprint density at radius 2 is 1.89 bits per heavy atom. The second-order valence-electron chi connectivity index (χ2n) is 4.60. The van der Waals surface area contributed by atoms with E-state index in [4.69, 9.17) is 5.11 Å². The van der Waals surface area contributed by atoms with E-state index in [2.05, 4.69) is 5.32 Å². The summed E-state index contributed by atoms with van der Waals surface area (Å²) in [5.74, 6) is -2.17. The molecule has 0 radical (unpaired) electrons. The minimum absolute atomic E-state index is 0.132. The molecule has 0 amide bonds. The summed E-state index contributed by atoms with van der Waals surface area (Å²) < 4.78 is 26.7. The molecule has 2 N–H and O–H groups in total. The van der Waals surface area contributed by atoms with E-state index in [-0.39, 0.29) is 18.0 Å². The lowest BCUT2D eigenvalue weighted by Crippen LogP contribution is -2.37. The van der Waals surface area contributed by atoms with Gasteiger partial charge in [0.25, 0.3) is 0 Å². The molecule has 18 heavy (non-hydrogen) atoms. The van der Waals surface area contributed by atoms with E-state index in [0.717, 1.165) is 12.1 Å². The van der Waals surface area contributed by atoms with Gasteiger partial charge in [-0.3, -0.25) is 4.79 Å². The van der Waals surface area contributed by atoms with E-state index >= 15 is 0 Å². The van der Waals surface area contributed by atoms with Gasteiger partial charge in [-0.25, -0.2) is 8.78 Å². The fraction of sp³-hybridized carbons (Fsp3) is 0.462. The molecule has 100 valence electrons. The molecule has 0 saturated carbocycles. The first-order chi connectivity index (χ1) is 8.41. The third kappa shape index (κ3) is 4.07. The van der Waals surface area contributed by atoms with Crippen LogP contribution in [0.3, 0.4) is 0 Å². The standard InChI is InChI=1S/C13H17F2NO2/c1-8(2)6-12(13(17)18)16-7-9-10(14)4-3-5-11(9)15/h3-5,8,12,16H,6-7H2,1-2H3,(H,17,18). The van der Waals surface area contributed by atoms with Gasteiger partial charge < -0.3 is 10.4 Å². The predicted molar refractivity (Wildman–Crippen MR) is 64.1 cm³/mol. The van der Waals surface area contributed by atoms with Crippen LogP contribution in [0.2, 0.25) is 0 Å². The number of nitrogens with one attached hydrogen (secondary N) is 1. The first-order valence-corrected chi connectivity index (χ1v) is 5.81. The van der Waals surface area contributed by atoms with Crippen molar-refractivity contribution in [3.8, 4) is 0 Å². The average molecular weight is 257 g/mol. The lowest BCUT2D eigenvalue weighted by molar-refractivity contribution is -0.140. The number of carboxylic acid groups (broad SMARTS) is 1. The summed E-state index contributed by atoms with van der Waals surface area (Å²) in [6, 6.07) is 2.78. The molecule has 0 saturated heterocycles. The first kappa shape index (κ1) is 14.6. The van der Waals surface area contributed by atoms with Gasteiger partial charge in [0.1, 0.15) is 17.7 Å². The summed E-state index contributed by atoms with van der Waals surface area (Å²) >= 11 is 0. The number of carboxylic acids is 1. The Balaban J connectivity index is 2.70. The van der Waals surface area contributed by atoms with Crippen molar-refractivity contribution in [2.24, 2.45) is 5.92 Å². The molecular formula is C13H17F2NO2. The molecule has 3 nitrogen and oxygen atoms in total. The number of benzene rings is 1. The number of hydrogen-bond acceptors (Lipinski definition) is 2. The highest BCUT2D eigenvalue weighted by molar-refractivity contribution is 5.73. The van der Waals surface area contributed by atoms with Crippen LogP contribution in [0.5, 0.6) is 0 Å². The summed E-state index contributed by atoms with van der Waals surface area (Å²) in [4.78, 5) is 11.0. The van der Waals surface area contributed by atoms with Gasteiger partial charge >= 0.3 is 5.97 Å². The lowest BCUT2D eigenvalue weighted by atomic mass is 10.0. The maximum atomic E-state index is 13.3. The Labute approximate surface area is 105 Å². The third-order valence-electron chi connectivity index (χ3n) is 2.59. The number of halogens is 2. The SMILES string of the molecule is CC(C)CC(NCc1c(F)cccc1F)C(=O)O. The lowest BCUT2D eigenvalue weighted by Gasteiger charge is -2.16. The molecule has 5 heteroatoms. The zero-order chi connectivity index (χ0) is 13.7. The molecule has 1 atom stereocenters. The van der Waals surface area contributed by atoms with E-state index in [1.807, 2.05) is 13.8 Å². The van der Waals surface area contributed by atoms with Crippen LogP contribution in [0.15, 0.2) is 18.2 Å². The summed E-state index contributed by atoms with van der Waals surface area (Å²) in [7, 11) is 0. The Morgan fingerprint density at radius 3 is 2.33 bits per heavy atom. The van der Waals surface area contributed by atoms with Gasteiger partial charge in [-0.15, -0.1) is 0 Å². The molecule has 0 aliphatic heterocycles. The normalized spacial score (nSPS) is 12.7. The molecule has 0 aliphatic carbocycles. The molecule has 1 rings (SSSR count). The molecule has 0 heterocycles. The van der Waals surface area contributed by atoms with E-state index < -0.39 is 23.6 Å². The molecule has 1 aromatic rings. The Bertz CT molecular complexity index is 401. The Morgan fingerprint density at radius 1 is 1.33 bits per heavy atom. The van der Waals surface area contributed by atoms with Crippen molar-refractivity contribution in [3.05, 3.63) is 35.4 Å². The van der Waals surface area contributed by atoms with Crippen LogP contribution < -0.4 is 5.32 Å². The monoisotopic (exact) mass is 257 g/mol. The van der Waals surface area contributed by atoms with Gasteiger partial charge in [-0.05, 0) is 24.5 Å². The second kappa shape index (κ2) is 6.44. The van der Waals surface area contributed by atoms with E-state index in [1.165, 1.54) is 6.07 Å². The van der Waals surface area contributed by atoms with Crippen molar-refractivity contribution < 1.29 is 18.7 Å². The fourth-order valence-corrected chi connectivity index (χ4v) is 1.67. The largest absolute Gasteiger partial charge is 0.480 e. The zero-order valence-electron chi connectivity index (χ0n) is 10.4. The van der Waals surface area contributed by atoms with E-state index in [0.29, 0.717) is 6.42 Å². The van der Waals surface area contributed by atoms with Crippen LogP contribution in [-0.2, 0) is 11.3 Å². The highest BCUT2D eigenvalue weighted by Gasteiger charge is 2.19. The van der Waals surface area contributed by atoms with Crippen LogP contribution >= 0.6 is 0 Å². The number of aliphatic carboxylic acids is 1. The molecule has 0 bridgehead atoms. The van der Waals surface area contributed by atoms with Crippen molar-refractivity contribution in [1.29, 1.82) is 0 Å². The van der Waals surface area contributed by atoms with Crippen LogP contribution in [0.4, 0.5) is 8.78 Å². The molecule has 0 fully saturated rings. The van der Waals surface area contributed by atoms with Gasteiger partial charge in [0.05, 0.1) is 0 Å². The highest BCUT2D eigenvalue weighted by atomic mass is 19.1. The topological polar surface area (TPSA) is 49.3 Å². The predicted octanol–water partition coefficient (Wildman–Crippen LogP) is 2.55. The summed E-state index contributed by atoms with van der Waals surface area (Å²) in [5, 5.41) is 11.7. The zero-order valence-corrected chi connectivity index (χ0v) is 10.4. The van der Waals surface area contributed by atoms with Crippen molar-refractivity contribution >= 4 is 5.97 Å². The van der Waals surface area contributed by atoms with Gasteiger partial charge in [0.2, 0.25) is 0 Å². The summed E-state index contributed by atoms with van der Waals surface area (Å²) in [6.07, 6.45) is 0.408. The second-order valence-corrected chi connectivity index (χ2v) is 4.60. The van der Waals surface area contributed by atoms with Crippen molar-refractivity contribution in [2.75, 3.05) is 0 Å². The van der Waals surface area contributed by atoms with E-state index in [1.54, 1.807) is 0 Å². The van der Waals surface area contributed by atoms with Gasteiger partial charge in [0.15, 0.2) is 0 Å². The minimum atomic E-state index is -1.01. The number of hydrogen-bond donors (Lipinski definition) is 2. The first-order valence-electron chi connectivity index (χ1n) is 5.81. The van der Waals surface area contributed by atoms with Crippen molar-refractivity contribution in [3.63, 3.8) is 0 Å². The smallest absolute Gasteiger partial charge is 0.320 e. The van der Waals surface area contributed by atoms with Crippen molar-refractivity contribution in [2.45, 2.75) is 32.9 Å². The Kier molecular flexibility index (Phi) is 5.22. The summed E-state index contributed by atoms with van der Waals surface area (Å²) in [6.45, 7) is 3.64. The maximum Gasteiger partial charge on any atom is 0.320 e. The van der Waals surface area contributed by atoms with Crippen LogP contribution in [0.1, 0.15) is 25.8 Å². The molecule has 1 unspecified atom stereocenters. The van der Waals surface area contributed by atoms with Gasteiger partial charge in [0, 0.05) is 12.1 Å². The average Bonchev–Trinajstić information content (AvgIpc) is 2.26. The van der Waals surface area contributed by atoms with E-state index in [9.17, 15) is 13.6 Å². The quantitative estimate of drug-likeness (QED) is 0.823. The molecule has 0 spiro atoms. The Hall–Kier alpha value is -1.49. The van der Waals surface area contributed by atoms with Gasteiger partial charge in [-0.1, -0.05) is 19.9 Å². The third-order valence-corrected chi connectivity index (χ3v) is 2.59. The van der Waals surface area contributed by atoms with Crippen LogP contribution in [0, 0.1) is 17.6 Å². The molecule has 1 aromatic carbocycles. The molecule has 0 aliphatic rings. The highest BCUT2D eigenvalue weighted by Crippen LogP contribution is 2.13. The summed E-state index contributed by atoms with van der Waals surface area (Å²) in [5.41, 5.74) is -0.132. The number of rotatable bonds is 6. The fourth-order valence-electron chi connectivity index (χ4n) is 1.67. The number of carbonyl (C=O) groups is 1. The maximum absolute atomic E-state index is 13.3. The van der Waals surface area contributed by atoms with Crippen LogP contribution in [0.25, 0.3) is 0 Å². The van der Waals surface area contributed by atoms with Crippen molar-refractivity contribution in [1.82, 2.24) is 5.32 Å². The van der Waals surface area contributed by atoms with Crippen LogP contribution in [-0.4, -0.2) is 17.1 Å². The molecular weight excluding hydrogens is 240 g/mol. The molecule has 0 aromatic heterocycles. The van der Waals surface area contributed by atoms with Gasteiger partial charge in [-0.2, -0.15) is 0 Å².